The van der Waals surface area contributed by atoms with Crippen molar-refractivity contribution in [3.63, 3.8) is 0 Å². The summed E-state index contributed by atoms with van der Waals surface area (Å²) in [4.78, 5) is 0. The summed E-state index contributed by atoms with van der Waals surface area (Å²) in [5.41, 5.74) is 1.24. The second-order valence-electron chi connectivity index (χ2n) is 1.64. The summed E-state index contributed by atoms with van der Waals surface area (Å²) in [6.07, 6.45) is 0. The number of halogens is 1. The molecule has 0 spiro atoms. The van der Waals surface area contributed by atoms with Gasteiger partial charge in [-0.05, 0) is 40.3 Å². The smallest absolute Gasteiger partial charge is 0.154 e. The first-order chi connectivity index (χ1) is 4.84. The van der Waals surface area contributed by atoms with Gasteiger partial charge in [0, 0.05) is 0 Å². The summed E-state index contributed by atoms with van der Waals surface area (Å²) >= 11 is 7.83. The van der Waals surface area contributed by atoms with Crippen LogP contribution in [0.2, 0.25) is 0 Å². The molecule has 0 aliphatic rings. The van der Waals surface area contributed by atoms with E-state index >= 15 is 0 Å². The first kappa shape index (κ1) is 7.69. The number of hydrogen-bond donors (Lipinski definition) is 0. The molecular formula is C7H5BrOS. The van der Waals surface area contributed by atoms with E-state index in [1.807, 2.05) is 24.3 Å². The molecule has 0 radical (unpaired) electrons. The Hall–Kier alpha value is -0.410. The fourth-order valence-corrected chi connectivity index (χ4v) is 1.07. The van der Waals surface area contributed by atoms with E-state index < -0.39 is 0 Å². The summed E-state index contributed by atoms with van der Waals surface area (Å²) in [7, 11) is 0. The third-order valence-corrected chi connectivity index (χ3v) is 1.76. The van der Waals surface area contributed by atoms with Crippen molar-refractivity contribution in [1.29, 1.82) is 0 Å². The van der Waals surface area contributed by atoms with Crippen molar-refractivity contribution in [2.24, 2.45) is 0 Å². The van der Waals surface area contributed by atoms with Gasteiger partial charge in [0.2, 0.25) is 0 Å². The predicted octanol–water partition coefficient (Wildman–Crippen LogP) is 2.79. The van der Waals surface area contributed by atoms with Gasteiger partial charge in [-0.15, -0.1) is 0 Å². The minimum Gasteiger partial charge on any atom is -0.452 e. The number of ether oxygens (including phenoxy) is 1. The summed E-state index contributed by atoms with van der Waals surface area (Å²) in [5, 5.41) is 0. The SMILES string of the molecule is S=COc1ccccc1Br. The minimum atomic E-state index is 0.748. The largest absolute Gasteiger partial charge is 0.452 e. The number of benzene rings is 1. The van der Waals surface area contributed by atoms with Gasteiger partial charge in [0.25, 0.3) is 0 Å². The van der Waals surface area contributed by atoms with Crippen LogP contribution < -0.4 is 4.74 Å². The van der Waals surface area contributed by atoms with Crippen LogP contribution in [-0.2, 0) is 0 Å². The Morgan fingerprint density at radius 3 is 2.70 bits per heavy atom. The lowest BCUT2D eigenvalue weighted by molar-refractivity contribution is 0.582. The van der Waals surface area contributed by atoms with E-state index in [1.54, 1.807) is 0 Å². The molecule has 0 bridgehead atoms. The molecule has 0 saturated heterocycles. The van der Waals surface area contributed by atoms with E-state index in [1.165, 1.54) is 5.55 Å². The average molecular weight is 217 g/mol. The van der Waals surface area contributed by atoms with Crippen LogP contribution in [0.5, 0.6) is 5.75 Å². The molecule has 0 heterocycles. The lowest BCUT2D eigenvalue weighted by atomic mass is 10.3. The molecule has 0 saturated carbocycles. The fraction of sp³-hybridized carbons (Fsp3) is 0. The monoisotopic (exact) mass is 216 g/mol. The Kier molecular flexibility index (Phi) is 2.83. The van der Waals surface area contributed by atoms with Crippen LogP contribution in [0.4, 0.5) is 0 Å². The van der Waals surface area contributed by atoms with E-state index in [0.717, 1.165) is 10.2 Å². The quantitative estimate of drug-likeness (QED) is 0.704. The van der Waals surface area contributed by atoms with Crippen molar-refractivity contribution in [2.75, 3.05) is 0 Å². The first-order valence-corrected chi connectivity index (χ1v) is 3.96. The van der Waals surface area contributed by atoms with Crippen molar-refractivity contribution in [1.82, 2.24) is 0 Å². The van der Waals surface area contributed by atoms with Gasteiger partial charge in [-0.2, -0.15) is 0 Å². The zero-order valence-electron chi connectivity index (χ0n) is 5.08. The van der Waals surface area contributed by atoms with E-state index in [-0.39, 0.29) is 0 Å². The Morgan fingerprint density at radius 1 is 1.40 bits per heavy atom. The number of hydrogen-bond acceptors (Lipinski definition) is 2. The van der Waals surface area contributed by atoms with Crippen molar-refractivity contribution < 1.29 is 4.74 Å². The average Bonchev–Trinajstić information content (AvgIpc) is 1.94. The Morgan fingerprint density at radius 2 is 2.10 bits per heavy atom. The van der Waals surface area contributed by atoms with Gasteiger partial charge in [0.15, 0.2) is 5.55 Å². The molecule has 0 N–H and O–H groups in total. The number of thiocarbonyl (C=S) groups is 1. The van der Waals surface area contributed by atoms with Crippen molar-refractivity contribution >= 4 is 33.7 Å². The summed E-state index contributed by atoms with van der Waals surface area (Å²) in [5.74, 6) is 0.748. The van der Waals surface area contributed by atoms with Gasteiger partial charge in [-0.3, -0.25) is 0 Å². The predicted molar refractivity (Wildman–Crippen MR) is 48.4 cm³/mol. The maximum atomic E-state index is 4.98. The molecule has 1 aromatic carbocycles. The van der Waals surface area contributed by atoms with Crippen LogP contribution in [0.1, 0.15) is 0 Å². The van der Waals surface area contributed by atoms with Crippen LogP contribution in [0.15, 0.2) is 28.7 Å². The van der Waals surface area contributed by atoms with E-state index in [0.29, 0.717) is 0 Å². The topological polar surface area (TPSA) is 9.23 Å². The zero-order valence-corrected chi connectivity index (χ0v) is 7.48. The van der Waals surface area contributed by atoms with Crippen LogP contribution in [-0.4, -0.2) is 5.55 Å². The molecule has 0 fully saturated rings. The maximum Gasteiger partial charge on any atom is 0.154 e. The molecule has 1 nitrogen and oxygen atoms in total. The van der Waals surface area contributed by atoms with Crippen molar-refractivity contribution in [3.8, 4) is 5.75 Å². The van der Waals surface area contributed by atoms with Gasteiger partial charge in [-0.1, -0.05) is 12.1 Å². The van der Waals surface area contributed by atoms with E-state index in [9.17, 15) is 0 Å². The van der Waals surface area contributed by atoms with Crippen LogP contribution >= 0.6 is 28.1 Å². The molecule has 0 amide bonds. The van der Waals surface area contributed by atoms with Gasteiger partial charge in [0.05, 0.1) is 4.47 Å². The number of para-hydroxylation sites is 1. The Balaban J connectivity index is 2.91. The molecule has 3 heteroatoms. The van der Waals surface area contributed by atoms with Gasteiger partial charge in [-0.25, -0.2) is 0 Å². The third-order valence-electron chi connectivity index (χ3n) is 1.01. The molecule has 0 aliphatic heterocycles. The Bertz CT molecular complexity index is 237. The van der Waals surface area contributed by atoms with E-state index in [4.69, 9.17) is 4.74 Å². The molecule has 0 aromatic heterocycles. The molecule has 10 heavy (non-hydrogen) atoms. The summed E-state index contributed by atoms with van der Waals surface area (Å²) in [6, 6.07) is 7.54. The van der Waals surface area contributed by atoms with Crippen molar-refractivity contribution in [2.45, 2.75) is 0 Å². The van der Waals surface area contributed by atoms with Crippen molar-refractivity contribution in [3.05, 3.63) is 28.7 Å². The lowest BCUT2D eigenvalue weighted by Gasteiger charge is -1.99. The van der Waals surface area contributed by atoms with Crippen LogP contribution in [0.25, 0.3) is 0 Å². The molecule has 52 valence electrons. The molecule has 0 atom stereocenters. The third kappa shape index (κ3) is 1.78. The lowest BCUT2D eigenvalue weighted by Crippen LogP contribution is -1.86. The minimum absolute atomic E-state index is 0.748. The zero-order chi connectivity index (χ0) is 7.40. The maximum absolute atomic E-state index is 4.98. The highest BCUT2D eigenvalue weighted by atomic mass is 79.9. The Labute approximate surface area is 73.1 Å². The standard InChI is InChI=1S/C7H5BrOS/c8-6-3-1-2-4-7(6)9-5-10/h1-5H. The molecule has 1 rings (SSSR count). The van der Waals surface area contributed by atoms with Gasteiger partial charge < -0.3 is 4.74 Å². The first-order valence-electron chi connectivity index (χ1n) is 2.69. The second kappa shape index (κ2) is 3.68. The number of rotatable bonds is 2. The summed E-state index contributed by atoms with van der Waals surface area (Å²) in [6.45, 7) is 0. The second-order valence-corrected chi connectivity index (χ2v) is 2.69. The molecular weight excluding hydrogens is 212 g/mol. The highest BCUT2D eigenvalue weighted by Gasteiger charge is 1.94. The van der Waals surface area contributed by atoms with Gasteiger partial charge in [0.1, 0.15) is 5.75 Å². The highest BCUT2D eigenvalue weighted by molar-refractivity contribution is 9.10. The molecule has 1 aromatic rings. The molecule has 0 unspecified atom stereocenters. The summed E-state index contributed by atoms with van der Waals surface area (Å²) < 4.78 is 5.89. The van der Waals surface area contributed by atoms with Crippen LogP contribution in [0, 0.1) is 0 Å². The van der Waals surface area contributed by atoms with Gasteiger partial charge >= 0.3 is 0 Å². The molecule has 0 aliphatic carbocycles. The van der Waals surface area contributed by atoms with E-state index in [2.05, 4.69) is 28.1 Å². The highest BCUT2D eigenvalue weighted by Crippen LogP contribution is 2.22. The normalized spacial score (nSPS) is 8.90. The fourth-order valence-electron chi connectivity index (χ4n) is 0.592. The van der Waals surface area contributed by atoms with Crippen LogP contribution in [0.3, 0.4) is 0 Å².